The van der Waals surface area contributed by atoms with E-state index in [0.29, 0.717) is 34.7 Å². The summed E-state index contributed by atoms with van der Waals surface area (Å²) in [6.07, 6.45) is 1.50. The standard InChI is InChI=1S/C21H22N2O4S/c1-15(24)22-21-17-9-12-20(25)23-18(17)10-11-19(21)27-13-5-6-14-28(26)16-7-3-2-4-8-16/h2-4,7-12H,5-6,13-14H2,1H3,(H,22,24)(H,23,25). The minimum Gasteiger partial charge on any atom is -0.491 e. The zero-order chi connectivity index (χ0) is 19.9. The van der Waals surface area contributed by atoms with Crippen molar-refractivity contribution in [3.05, 3.63) is 65.0 Å². The lowest BCUT2D eigenvalue weighted by Crippen LogP contribution is -2.11. The summed E-state index contributed by atoms with van der Waals surface area (Å²) in [6.45, 7) is 1.86. The Hall–Kier alpha value is -2.93. The molecule has 3 aromatic rings. The van der Waals surface area contributed by atoms with Gasteiger partial charge in [0.1, 0.15) is 5.75 Å². The number of pyridine rings is 1. The molecule has 1 unspecified atom stereocenters. The van der Waals surface area contributed by atoms with Crippen LogP contribution in [0.4, 0.5) is 5.69 Å². The number of hydrogen-bond donors (Lipinski definition) is 2. The number of benzene rings is 2. The van der Waals surface area contributed by atoms with Crippen LogP contribution in [0.2, 0.25) is 0 Å². The lowest BCUT2D eigenvalue weighted by molar-refractivity contribution is -0.114. The lowest BCUT2D eigenvalue weighted by atomic mass is 10.1. The Morgan fingerprint density at radius 1 is 1.07 bits per heavy atom. The van der Waals surface area contributed by atoms with Crippen LogP contribution in [-0.4, -0.2) is 27.5 Å². The molecule has 1 heterocycles. The van der Waals surface area contributed by atoms with Crippen LogP contribution in [0, 0.1) is 0 Å². The minimum absolute atomic E-state index is 0.207. The molecule has 146 valence electrons. The molecule has 0 aliphatic heterocycles. The highest BCUT2D eigenvalue weighted by atomic mass is 32.2. The summed E-state index contributed by atoms with van der Waals surface area (Å²) in [4.78, 5) is 26.7. The van der Waals surface area contributed by atoms with Crippen LogP contribution in [0.15, 0.2) is 64.3 Å². The molecular formula is C21H22N2O4S. The Morgan fingerprint density at radius 2 is 1.86 bits per heavy atom. The second-order valence-corrected chi connectivity index (χ2v) is 7.89. The Morgan fingerprint density at radius 3 is 2.61 bits per heavy atom. The molecule has 2 N–H and O–H groups in total. The second-order valence-electron chi connectivity index (χ2n) is 6.32. The molecule has 1 amide bonds. The van der Waals surface area contributed by atoms with E-state index in [2.05, 4.69) is 10.3 Å². The van der Waals surface area contributed by atoms with E-state index in [-0.39, 0.29) is 11.5 Å². The molecule has 0 bridgehead atoms. The summed E-state index contributed by atoms with van der Waals surface area (Å²) in [6, 6.07) is 16.0. The van der Waals surface area contributed by atoms with Gasteiger partial charge in [-0.2, -0.15) is 0 Å². The van der Waals surface area contributed by atoms with E-state index >= 15 is 0 Å². The topological polar surface area (TPSA) is 88.3 Å². The monoisotopic (exact) mass is 398 g/mol. The van der Waals surface area contributed by atoms with Gasteiger partial charge in [-0.1, -0.05) is 18.2 Å². The molecule has 0 radical (unpaired) electrons. The van der Waals surface area contributed by atoms with Gasteiger partial charge in [0.15, 0.2) is 0 Å². The molecule has 1 aromatic heterocycles. The smallest absolute Gasteiger partial charge is 0.248 e. The van der Waals surface area contributed by atoms with E-state index in [1.165, 1.54) is 13.0 Å². The second kappa shape index (κ2) is 9.32. The fraction of sp³-hybridized carbons (Fsp3) is 0.238. The Labute approximate surface area is 165 Å². The number of nitrogens with one attached hydrogen (secondary N) is 2. The molecule has 2 aromatic carbocycles. The number of carbonyl (C=O) groups is 1. The number of aromatic nitrogens is 1. The number of carbonyl (C=O) groups excluding carboxylic acids is 1. The van der Waals surface area contributed by atoms with Crippen molar-refractivity contribution in [2.75, 3.05) is 17.7 Å². The van der Waals surface area contributed by atoms with Crippen molar-refractivity contribution in [3.63, 3.8) is 0 Å². The van der Waals surface area contributed by atoms with E-state index in [0.717, 1.165) is 17.7 Å². The van der Waals surface area contributed by atoms with Gasteiger partial charge < -0.3 is 15.0 Å². The van der Waals surface area contributed by atoms with Crippen molar-refractivity contribution in [1.29, 1.82) is 0 Å². The molecule has 0 spiro atoms. The first-order valence-corrected chi connectivity index (χ1v) is 10.4. The maximum Gasteiger partial charge on any atom is 0.248 e. The largest absolute Gasteiger partial charge is 0.491 e. The highest BCUT2D eigenvalue weighted by Gasteiger charge is 2.11. The molecule has 0 fully saturated rings. The Bertz CT molecular complexity index is 1050. The van der Waals surface area contributed by atoms with Gasteiger partial charge in [-0.05, 0) is 43.2 Å². The van der Waals surface area contributed by atoms with Crippen molar-refractivity contribution in [1.82, 2.24) is 4.98 Å². The number of fused-ring (bicyclic) bond motifs is 1. The van der Waals surface area contributed by atoms with Crippen LogP contribution in [0.1, 0.15) is 19.8 Å². The van der Waals surface area contributed by atoms with Gasteiger partial charge in [0.05, 0.1) is 28.6 Å². The average Bonchev–Trinajstić information content (AvgIpc) is 2.69. The number of unbranched alkanes of at least 4 members (excludes halogenated alkanes) is 1. The number of rotatable bonds is 8. The molecule has 0 aliphatic rings. The highest BCUT2D eigenvalue weighted by Crippen LogP contribution is 2.32. The maximum absolute atomic E-state index is 12.2. The Balaban J connectivity index is 1.62. The minimum atomic E-state index is -1.01. The molecule has 1 atom stereocenters. The summed E-state index contributed by atoms with van der Waals surface area (Å²) in [5.41, 5.74) is 0.956. The predicted octanol–water partition coefficient (Wildman–Crippen LogP) is 3.45. The van der Waals surface area contributed by atoms with Crippen molar-refractivity contribution in [2.45, 2.75) is 24.7 Å². The van der Waals surface area contributed by atoms with Crippen LogP contribution in [0.25, 0.3) is 10.9 Å². The van der Waals surface area contributed by atoms with Crippen molar-refractivity contribution < 1.29 is 13.7 Å². The third-order valence-electron chi connectivity index (χ3n) is 4.16. The Kier molecular flexibility index (Phi) is 6.60. The predicted molar refractivity (Wildman–Crippen MR) is 111 cm³/mol. The summed E-state index contributed by atoms with van der Waals surface area (Å²) in [5, 5.41) is 3.49. The van der Waals surface area contributed by atoms with Crippen molar-refractivity contribution in [2.24, 2.45) is 0 Å². The number of aromatic amines is 1. The fourth-order valence-electron chi connectivity index (χ4n) is 2.85. The molecule has 28 heavy (non-hydrogen) atoms. The SMILES string of the molecule is CC(=O)Nc1c(OCCCCS(=O)c2ccccc2)ccc2[nH]c(=O)ccc12. The number of hydrogen-bond acceptors (Lipinski definition) is 4. The summed E-state index contributed by atoms with van der Waals surface area (Å²) in [7, 11) is -1.01. The average molecular weight is 398 g/mol. The summed E-state index contributed by atoms with van der Waals surface area (Å²) in [5.74, 6) is 0.894. The number of ether oxygens (including phenoxy) is 1. The van der Waals surface area contributed by atoms with Gasteiger partial charge in [-0.3, -0.25) is 13.8 Å². The van der Waals surface area contributed by atoms with Crippen LogP contribution in [0.3, 0.4) is 0 Å². The number of amides is 1. The zero-order valence-electron chi connectivity index (χ0n) is 15.6. The van der Waals surface area contributed by atoms with Crippen LogP contribution in [-0.2, 0) is 15.6 Å². The normalized spacial score (nSPS) is 11.9. The van der Waals surface area contributed by atoms with Crippen LogP contribution >= 0.6 is 0 Å². The fourth-order valence-corrected chi connectivity index (χ4v) is 4.01. The zero-order valence-corrected chi connectivity index (χ0v) is 16.4. The number of H-pyrrole nitrogens is 1. The first kappa shape index (κ1) is 19.8. The van der Waals surface area contributed by atoms with E-state index in [1.807, 2.05) is 30.3 Å². The van der Waals surface area contributed by atoms with E-state index in [4.69, 9.17) is 4.74 Å². The van der Waals surface area contributed by atoms with E-state index < -0.39 is 10.8 Å². The van der Waals surface area contributed by atoms with Gasteiger partial charge >= 0.3 is 0 Å². The highest BCUT2D eigenvalue weighted by molar-refractivity contribution is 7.85. The van der Waals surface area contributed by atoms with Crippen molar-refractivity contribution >= 4 is 33.3 Å². The molecule has 0 saturated heterocycles. The van der Waals surface area contributed by atoms with Crippen LogP contribution < -0.4 is 15.6 Å². The third kappa shape index (κ3) is 5.07. The molecule has 3 rings (SSSR count). The number of anilines is 1. The third-order valence-corrected chi connectivity index (χ3v) is 5.61. The summed E-state index contributed by atoms with van der Waals surface area (Å²) >= 11 is 0. The first-order valence-electron chi connectivity index (χ1n) is 9.04. The first-order chi connectivity index (χ1) is 13.5. The lowest BCUT2D eigenvalue weighted by Gasteiger charge is -2.14. The van der Waals surface area contributed by atoms with Gasteiger partial charge in [0.25, 0.3) is 0 Å². The quantitative estimate of drug-likeness (QED) is 0.569. The molecule has 6 nitrogen and oxygen atoms in total. The molecular weight excluding hydrogens is 376 g/mol. The molecule has 0 saturated carbocycles. The molecule has 7 heteroatoms. The van der Waals surface area contributed by atoms with Crippen molar-refractivity contribution in [3.8, 4) is 5.75 Å². The van der Waals surface area contributed by atoms with Gasteiger partial charge in [-0.15, -0.1) is 0 Å². The van der Waals surface area contributed by atoms with E-state index in [9.17, 15) is 13.8 Å². The van der Waals surface area contributed by atoms with Gasteiger partial charge in [-0.25, -0.2) is 0 Å². The van der Waals surface area contributed by atoms with E-state index in [1.54, 1.807) is 18.2 Å². The van der Waals surface area contributed by atoms with Crippen LogP contribution in [0.5, 0.6) is 5.75 Å². The maximum atomic E-state index is 12.2. The summed E-state index contributed by atoms with van der Waals surface area (Å²) < 4.78 is 18.1. The van der Waals surface area contributed by atoms with Gasteiger partial charge in [0, 0.05) is 29.0 Å². The van der Waals surface area contributed by atoms with Gasteiger partial charge in [0.2, 0.25) is 11.5 Å². The molecule has 0 aliphatic carbocycles.